The normalized spacial score (nSPS) is 13.2. The fraction of sp³-hybridized carbons (Fsp3) is 0.167. The van der Waals surface area contributed by atoms with E-state index in [1.807, 2.05) is 6.92 Å². The second kappa shape index (κ2) is 8.09. The Labute approximate surface area is 164 Å². The van der Waals surface area contributed by atoms with E-state index in [0.717, 1.165) is 17.2 Å². The van der Waals surface area contributed by atoms with Gasteiger partial charge in [-0.25, -0.2) is 0 Å². The van der Waals surface area contributed by atoms with Crippen molar-refractivity contribution in [3.8, 4) is 0 Å². The third-order valence-corrected chi connectivity index (χ3v) is 5.07. The van der Waals surface area contributed by atoms with Gasteiger partial charge in [-0.05, 0) is 41.3 Å². The van der Waals surface area contributed by atoms with Crippen LogP contribution < -0.4 is 0 Å². The van der Waals surface area contributed by atoms with Gasteiger partial charge in [-0.2, -0.15) is 13.2 Å². The summed E-state index contributed by atoms with van der Waals surface area (Å²) in [4.78, 5) is 0. The first-order chi connectivity index (χ1) is 11.6. The van der Waals surface area contributed by atoms with Crippen molar-refractivity contribution >= 4 is 58.5 Å². The van der Waals surface area contributed by atoms with Gasteiger partial charge in [0, 0.05) is 5.37 Å². The molecule has 0 bridgehead atoms. The molecule has 0 amide bonds. The fourth-order valence-corrected chi connectivity index (χ4v) is 3.18. The molecule has 0 aromatic heterocycles. The van der Waals surface area contributed by atoms with E-state index in [1.165, 1.54) is 23.6 Å². The first-order valence-electron chi connectivity index (χ1n) is 7.08. The summed E-state index contributed by atoms with van der Waals surface area (Å²) in [7, 11) is 0. The lowest BCUT2D eigenvalue weighted by Gasteiger charge is -2.18. The molecule has 0 aliphatic heterocycles. The molecule has 0 nitrogen and oxygen atoms in total. The van der Waals surface area contributed by atoms with Crippen molar-refractivity contribution in [2.75, 3.05) is 0 Å². The Kier molecular flexibility index (Phi) is 6.55. The molecule has 0 heterocycles. The number of allylic oxidation sites excluding steroid dienone is 1. The van der Waals surface area contributed by atoms with Gasteiger partial charge in [0.1, 0.15) is 0 Å². The minimum absolute atomic E-state index is 0.0204. The van der Waals surface area contributed by atoms with E-state index in [0.29, 0.717) is 5.56 Å². The zero-order valence-electron chi connectivity index (χ0n) is 12.9. The Morgan fingerprint density at radius 2 is 1.64 bits per heavy atom. The second-order valence-electron chi connectivity index (χ2n) is 5.41. The average Bonchev–Trinajstić information content (AvgIpc) is 2.51. The van der Waals surface area contributed by atoms with E-state index < -0.39 is 12.1 Å². The number of rotatable bonds is 4. The van der Waals surface area contributed by atoms with E-state index in [9.17, 15) is 13.2 Å². The molecule has 2 rings (SSSR count). The Morgan fingerprint density at radius 1 is 1.04 bits per heavy atom. The zero-order chi connectivity index (χ0) is 18.8. The maximum atomic E-state index is 13.5. The highest BCUT2D eigenvalue weighted by atomic mass is 35.5. The molecule has 0 aliphatic rings. The first kappa shape index (κ1) is 20.2. The highest BCUT2D eigenvalue weighted by molar-refractivity contribution is 7.79. The molecule has 7 heteroatoms. The van der Waals surface area contributed by atoms with Crippen LogP contribution in [-0.2, 0) is 0 Å². The summed E-state index contributed by atoms with van der Waals surface area (Å²) >= 11 is 22.4. The van der Waals surface area contributed by atoms with Gasteiger partial charge < -0.3 is 0 Å². The largest absolute Gasteiger partial charge is 0.399 e. The van der Waals surface area contributed by atoms with Crippen molar-refractivity contribution in [3.05, 3.63) is 73.7 Å². The molecule has 0 N–H and O–H groups in total. The summed E-state index contributed by atoms with van der Waals surface area (Å²) < 4.78 is 40.4. The van der Waals surface area contributed by atoms with Gasteiger partial charge >= 0.3 is 6.18 Å². The van der Waals surface area contributed by atoms with Gasteiger partial charge in [-0.15, -0.1) is 0 Å². The number of hydrogen-bond acceptors (Lipinski definition) is 1. The lowest BCUT2D eigenvalue weighted by atomic mass is 9.96. The molecule has 2 aromatic rings. The van der Waals surface area contributed by atoms with Crippen LogP contribution in [0.25, 0.3) is 6.08 Å². The fourth-order valence-electron chi connectivity index (χ4n) is 2.31. The third-order valence-electron chi connectivity index (χ3n) is 3.62. The Morgan fingerprint density at radius 3 is 2.12 bits per heavy atom. The molecule has 0 saturated carbocycles. The number of thiocarbonyl (C=S) groups is 1. The third kappa shape index (κ3) is 4.98. The molecule has 1 atom stereocenters. The summed E-state index contributed by atoms with van der Waals surface area (Å²) in [6, 6.07) is 7.60. The standard InChI is InChI=1S/C18H12Cl3F3S/c1-10-6-11(2-4-12(10)9-25)3-5-14(18(22,23)24)13-7-15(19)17(21)16(20)8-13/h2-9,14H,1H3/b5-3+. The van der Waals surface area contributed by atoms with Crippen molar-refractivity contribution in [2.45, 2.75) is 19.0 Å². The minimum atomic E-state index is -4.50. The van der Waals surface area contributed by atoms with Gasteiger partial charge in [0.2, 0.25) is 0 Å². The lowest BCUT2D eigenvalue weighted by molar-refractivity contribution is -0.139. The minimum Gasteiger partial charge on any atom is -0.170 e. The molecule has 0 aliphatic carbocycles. The highest BCUT2D eigenvalue weighted by Crippen LogP contribution is 2.41. The van der Waals surface area contributed by atoms with Gasteiger partial charge in [-0.1, -0.05) is 77.4 Å². The summed E-state index contributed by atoms with van der Waals surface area (Å²) in [6.45, 7) is 1.84. The van der Waals surface area contributed by atoms with Crippen molar-refractivity contribution < 1.29 is 13.2 Å². The molecule has 1 unspecified atom stereocenters. The van der Waals surface area contributed by atoms with Gasteiger partial charge in [0.15, 0.2) is 0 Å². The van der Waals surface area contributed by atoms with Gasteiger partial charge in [0.05, 0.1) is 21.0 Å². The van der Waals surface area contributed by atoms with Crippen LogP contribution in [0.3, 0.4) is 0 Å². The highest BCUT2D eigenvalue weighted by Gasteiger charge is 2.39. The number of aryl methyl sites for hydroxylation is 1. The molecule has 0 fully saturated rings. The van der Waals surface area contributed by atoms with Crippen LogP contribution in [0.1, 0.15) is 28.2 Å². The Hall–Kier alpha value is -1.07. The summed E-state index contributed by atoms with van der Waals surface area (Å²) in [5.41, 5.74) is 2.31. The summed E-state index contributed by atoms with van der Waals surface area (Å²) in [5.74, 6) is -1.86. The van der Waals surface area contributed by atoms with Crippen LogP contribution in [0.4, 0.5) is 13.2 Å². The molecule has 0 spiro atoms. The predicted octanol–water partition coefficient (Wildman–Crippen LogP) is 7.66. The number of alkyl halides is 3. The maximum Gasteiger partial charge on any atom is 0.399 e. The van der Waals surface area contributed by atoms with Crippen molar-refractivity contribution in [1.82, 2.24) is 0 Å². The number of hydrogen-bond donors (Lipinski definition) is 0. The SMILES string of the molecule is Cc1cc(/C=C/C(c2cc(Cl)c(Cl)c(Cl)c2)C(F)(F)F)ccc1C=S. The monoisotopic (exact) mass is 422 g/mol. The van der Waals surface area contributed by atoms with E-state index in [-0.39, 0.29) is 20.6 Å². The van der Waals surface area contributed by atoms with Crippen molar-refractivity contribution in [1.29, 1.82) is 0 Å². The summed E-state index contributed by atoms with van der Waals surface area (Å²) in [5, 5.41) is 1.52. The molecule has 2 aromatic carbocycles. The number of benzene rings is 2. The first-order valence-corrected chi connectivity index (χ1v) is 8.69. The maximum absolute atomic E-state index is 13.5. The van der Waals surface area contributed by atoms with Crippen LogP contribution in [0.15, 0.2) is 36.4 Å². The smallest absolute Gasteiger partial charge is 0.170 e. The zero-order valence-corrected chi connectivity index (χ0v) is 16.0. The molecule has 0 saturated heterocycles. The number of halogens is 6. The molecule has 25 heavy (non-hydrogen) atoms. The molecular formula is C18H12Cl3F3S. The van der Waals surface area contributed by atoms with Crippen LogP contribution in [0, 0.1) is 6.92 Å². The quantitative estimate of drug-likeness (QED) is 0.359. The molecule has 0 radical (unpaired) electrons. The topological polar surface area (TPSA) is 0 Å². The van der Waals surface area contributed by atoms with Gasteiger partial charge in [-0.3, -0.25) is 0 Å². The molecule has 132 valence electrons. The van der Waals surface area contributed by atoms with E-state index >= 15 is 0 Å². The van der Waals surface area contributed by atoms with Crippen molar-refractivity contribution in [2.24, 2.45) is 0 Å². The second-order valence-corrected chi connectivity index (χ2v) is 6.84. The molecular weight excluding hydrogens is 412 g/mol. The average molecular weight is 424 g/mol. The van der Waals surface area contributed by atoms with Crippen LogP contribution in [0.2, 0.25) is 15.1 Å². The van der Waals surface area contributed by atoms with Crippen LogP contribution >= 0.6 is 47.0 Å². The van der Waals surface area contributed by atoms with E-state index in [4.69, 9.17) is 47.0 Å². The Balaban J connectivity index is 2.43. The lowest BCUT2D eigenvalue weighted by Crippen LogP contribution is -2.19. The predicted molar refractivity (Wildman–Crippen MR) is 103 cm³/mol. The van der Waals surface area contributed by atoms with Crippen LogP contribution in [-0.4, -0.2) is 11.5 Å². The van der Waals surface area contributed by atoms with E-state index in [2.05, 4.69) is 0 Å². The van der Waals surface area contributed by atoms with Crippen LogP contribution in [0.5, 0.6) is 0 Å². The van der Waals surface area contributed by atoms with Crippen molar-refractivity contribution in [3.63, 3.8) is 0 Å². The summed E-state index contributed by atoms with van der Waals surface area (Å²) in [6.07, 6.45) is -2.02. The Bertz CT molecular complexity index is 806. The van der Waals surface area contributed by atoms with E-state index in [1.54, 1.807) is 18.2 Å². The van der Waals surface area contributed by atoms with Gasteiger partial charge in [0.25, 0.3) is 0 Å².